The van der Waals surface area contributed by atoms with Crippen molar-refractivity contribution >= 4 is 38.5 Å². The Balaban J connectivity index is 1.20. The van der Waals surface area contributed by atoms with E-state index < -0.39 is 9.84 Å². The molecule has 3 heterocycles. The second-order valence-corrected chi connectivity index (χ2v) is 11.1. The third-order valence-electron chi connectivity index (χ3n) is 5.75. The fourth-order valence-electron chi connectivity index (χ4n) is 3.89. The van der Waals surface area contributed by atoms with Gasteiger partial charge in [-0.05, 0) is 48.0 Å². The lowest BCUT2D eigenvalue weighted by Crippen LogP contribution is -2.22. The van der Waals surface area contributed by atoms with Crippen molar-refractivity contribution in [2.45, 2.75) is 26.1 Å². The number of nitrogens with zero attached hydrogens (tertiary/aromatic N) is 2. The summed E-state index contributed by atoms with van der Waals surface area (Å²) in [5.41, 5.74) is 1.78. The van der Waals surface area contributed by atoms with Gasteiger partial charge in [-0.2, -0.15) is 5.10 Å². The van der Waals surface area contributed by atoms with E-state index in [0.29, 0.717) is 22.7 Å². The first-order chi connectivity index (χ1) is 17.5. The number of amides is 1. The fourth-order valence-corrected chi connectivity index (χ4v) is 6.35. The number of aromatic amines is 1. The minimum absolute atomic E-state index is 0.116. The van der Waals surface area contributed by atoms with E-state index in [1.807, 2.05) is 30.3 Å². The molecule has 1 amide bonds. The lowest BCUT2D eigenvalue weighted by Gasteiger charge is -2.21. The monoisotopic (exact) mass is 514 g/mol. The summed E-state index contributed by atoms with van der Waals surface area (Å²) in [6.07, 6.45) is 3.08. The number of ether oxygens (including phenoxy) is 1. The third kappa shape index (κ3) is 4.00. The maximum atomic E-state index is 13.5. The van der Waals surface area contributed by atoms with Gasteiger partial charge in [0, 0.05) is 18.1 Å². The van der Waals surface area contributed by atoms with Gasteiger partial charge in [-0.15, -0.1) is 0 Å². The molecule has 0 spiro atoms. The molecule has 10 heteroatoms. The van der Waals surface area contributed by atoms with Gasteiger partial charge < -0.3 is 10.1 Å². The van der Waals surface area contributed by atoms with Gasteiger partial charge in [-0.1, -0.05) is 42.1 Å². The zero-order chi connectivity index (χ0) is 24.7. The zero-order valence-corrected chi connectivity index (χ0v) is 20.3. The van der Waals surface area contributed by atoms with Crippen molar-refractivity contribution in [3.63, 3.8) is 0 Å². The summed E-state index contributed by atoms with van der Waals surface area (Å²) in [6, 6.07) is 20.8. The van der Waals surface area contributed by atoms with Gasteiger partial charge in [-0.3, -0.25) is 9.89 Å². The van der Waals surface area contributed by atoms with Gasteiger partial charge in [-0.25, -0.2) is 13.4 Å². The molecule has 2 N–H and O–H groups in total. The van der Waals surface area contributed by atoms with Gasteiger partial charge in [0.1, 0.15) is 10.6 Å². The Morgan fingerprint density at radius 3 is 2.64 bits per heavy atom. The van der Waals surface area contributed by atoms with Gasteiger partial charge in [0.05, 0.1) is 26.4 Å². The molecular formula is C26H18N4O4S2. The van der Waals surface area contributed by atoms with Crippen LogP contribution in [0.2, 0.25) is 0 Å². The lowest BCUT2D eigenvalue weighted by molar-refractivity contribution is 0.0950. The molecule has 2 aromatic heterocycles. The summed E-state index contributed by atoms with van der Waals surface area (Å²) in [4.78, 5) is 18.6. The molecule has 0 aliphatic carbocycles. The van der Waals surface area contributed by atoms with Crippen molar-refractivity contribution < 1.29 is 17.9 Å². The topological polar surface area (TPSA) is 114 Å². The Kier molecular flexibility index (Phi) is 5.46. The molecule has 8 nitrogen and oxygen atoms in total. The van der Waals surface area contributed by atoms with E-state index in [-0.39, 0.29) is 22.2 Å². The molecule has 0 unspecified atom stereocenters. The summed E-state index contributed by atoms with van der Waals surface area (Å²) in [7, 11) is -3.83. The molecule has 36 heavy (non-hydrogen) atoms. The van der Waals surface area contributed by atoms with Crippen molar-refractivity contribution in [1.29, 1.82) is 0 Å². The Morgan fingerprint density at radius 2 is 1.78 bits per heavy atom. The van der Waals surface area contributed by atoms with Gasteiger partial charge in [0.25, 0.3) is 5.91 Å². The molecule has 0 atom stereocenters. The van der Waals surface area contributed by atoms with Gasteiger partial charge in [0.15, 0.2) is 11.4 Å². The number of hydrogen-bond donors (Lipinski definition) is 2. The van der Waals surface area contributed by atoms with Crippen molar-refractivity contribution in [2.75, 3.05) is 0 Å². The van der Waals surface area contributed by atoms with Crippen LogP contribution in [-0.2, 0) is 16.4 Å². The summed E-state index contributed by atoms with van der Waals surface area (Å²) >= 11 is 1.48. The molecule has 1 aliphatic heterocycles. The highest BCUT2D eigenvalue weighted by Crippen LogP contribution is 2.49. The van der Waals surface area contributed by atoms with Crippen LogP contribution in [0.4, 0.5) is 0 Å². The second-order valence-electron chi connectivity index (χ2n) is 8.10. The summed E-state index contributed by atoms with van der Waals surface area (Å²) < 4.78 is 33.0. The molecule has 0 bridgehead atoms. The number of carbonyl (C=O) groups is 1. The van der Waals surface area contributed by atoms with Crippen LogP contribution in [0.5, 0.6) is 11.5 Å². The van der Waals surface area contributed by atoms with E-state index in [1.165, 1.54) is 18.0 Å². The minimum atomic E-state index is -3.83. The van der Waals surface area contributed by atoms with Crippen molar-refractivity contribution in [3.8, 4) is 11.5 Å². The number of H-pyrrole nitrogens is 1. The molecule has 0 saturated carbocycles. The zero-order valence-electron chi connectivity index (χ0n) is 18.6. The first kappa shape index (κ1) is 22.3. The number of nitrogens with one attached hydrogen (secondary N) is 2. The van der Waals surface area contributed by atoms with Crippen LogP contribution < -0.4 is 10.1 Å². The quantitative estimate of drug-likeness (QED) is 0.334. The summed E-state index contributed by atoms with van der Waals surface area (Å²) in [5.74, 6) is 0.680. The standard InChI is InChI=1S/C26H18N4O4S2/c31-26(18-12-17-15-29-30-25(17)27-14-18)28-13-16-8-10-19(11-9-16)36(32,33)23-7-3-6-22-24(23)34-20-4-1-2-5-21(20)35-22/h1-12,14-15H,13H2,(H,28,31)(H,27,29,30). The Hall–Kier alpha value is -4.15. The highest BCUT2D eigenvalue weighted by molar-refractivity contribution is 7.99. The molecular weight excluding hydrogens is 496 g/mol. The SMILES string of the molecule is O=C(NCc1ccc(S(=O)(=O)c2cccc3c2Oc2ccccc2S3)cc1)c1cnc2[nH]ncc2c1. The van der Waals surface area contributed by atoms with E-state index in [2.05, 4.69) is 20.5 Å². The van der Waals surface area contributed by atoms with E-state index in [4.69, 9.17) is 4.74 Å². The number of fused-ring (bicyclic) bond motifs is 3. The minimum Gasteiger partial charge on any atom is -0.454 e. The van der Waals surface area contributed by atoms with Crippen LogP contribution in [0.25, 0.3) is 11.0 Å². The number of carbonyl (C=O) groups excluding carboxylic acids is 1. The summed E-state index contributed by atoms with van der Waals surface area (Å²) in [5, 5.41) is 10.2. The van der Waals surface area contributed by atoms with Crippen LogP contribution in [-0.4, -0.2) is 29.5 Å². The molecule has 0 radical (unpaired) electrons. The first-order valence-electron chi connectivity index (χ1n) is 11.0. The maximum absolute atomic E-state index is 13.5. The number of pyridine rings is 1. The molecule has 0 fully saturated rings. The molecule has 6 rings (SSSR count). The number of aromatic nitrogens is 3. The van der Waals surface area contributed by atoms with E-state index in [9.17, 15) is 13.2 Å². The van der Waals surface area contributed by atoms with Gasteiger partial charge in [0.2, 0.25) is 9.84 Å². The Labute approximate surface area is 210 Å². The molecule has 3 aromatic carbocycles. The molecule has 1 aliphatic rings. The number of sulfone groups is 1. The normalized spacial score (nSPS) is 12.4. The Bertz CT molecular complexity index is 1730. The predicted molar refractivity (Wildman–Crippen MR) is 134 cm³/mol. The highest BCUT2D eigenvalue weighted by atomic mass is 32.2. The number of hydrogen-bond acceptors (Lipinski definition) is 7. The molecule has 0 saturated heterocycles. The molecule has 5 aromatic rings. The molecule has 178 valence electrons. The van der Waals surface area contributed by atoms with Crippen LogP contribution >= 0.6 is 11.8 Å². The number of para-hydroxylation sites is 2. The predicted octanol–water partition coefficient (Wildman–Crippen LogP) is 4.98. The largest absolute Gasteiger partial charge is 0.454 e. The van der Waals surface area contributed by atoms with E-state index >= 15 is 0 Å². The summed E-state index contributed by atoms with van der Waals surface area (Å²) in [6.45, 7) is 0.236. The lowest BCUT2D eigenvalue weighted by atomic mass is 10.2. The van der Waals surface area contributed by atoms with Crippen LogP contribution in [0.15, 0.2) is 105 Å². The second kappa shape index (κ2) is 8.81. The van der Waals surface area contributed by atoms with Crippen molar-refractivity contribution in [2.24, 2.45) is 0 Å². The Morgan fingerprint density at radius 1 is 0.972 bits per heavy atom. The number of rotatable bonds is 5. The third-order valence-corrected chi connectivity index (χ3v) is 8.65. The van der Waals surface area contributed by atoms with Crippen molar-refractivity contribution in [3.05, 3.63) is 96.3 Å². The van der Waals surface area contributed by atoms with Crippen LogP contribution in [0.1, 0.15) is 15.9 Å². The highest BCUT2D eigenvalue weighted by Gasteiger charge is 2.28. The van der Waals surface area contributed by atoms with Crippen LogP contribution in [0, 0.1) is 0 Å². The van der Waals surface area contributed by atoms with Crippen LogP contribution in [0.3, 0.4) is 0 Å². The average Bonchev–Trinajstić information content (AvgIpc) is 3.38. The van der Waals surface area contributed by atoms with E-state index in [1.54, 1.807) is 48.7 Å². The maximum Gasteiger partial charge on any atom is 0.253 e. The average molecular weight is 515 g/mol. The van der Waals surface area contributed by atoms with E-state index in [0.717, 1.165) is 20.7 Å². The van der Waals surface area contributed by atoms with Crippen molar-refractivity contribution in [1.82, 2.24) is 20.5 Å². The van der Waals surface area contributed by atoms with Gasteiger partial charge >= 0.3 is 0 Å². The fraction of sp³-hybridized carbons (Fsp3) is 0.0385. The first-order valence-corrected chi connectivity index (χ1v) is 13.3. The number of benzene rings is 3. The smallest absolute Gasteiger partial charge is 0.253 e.